The summed E-state index contributed by atoms with van der Waals surface area (Å²) < 4.78 is 1.77. The second-order valence-electron chi connectivity index (χ2n) is 7.65. The molecule has 8 nitrogen and oxygen atoms in total. The van der Waals surface area contributed by atoms with Crippen LogP contribution in [0.25, 0.3) is 33.3 Å². The van der Waals surface area contributed by atoms with E-state index in [0.717, 1.165) is 48.1 Å². The van der Waals surface area contributed by atoms with E-state index in [1.807, 2.05) is 43.7 Å². The number of anilines is 1. The number of aromatic amines is 1. The first kappa shape index (κ1) is 17.8. The molecule has 0 bridgehead atoms. The zero-order valence-corrected chi connectivity index (χ0v) is 16.5. The number of nitrogens with zero attached hydrogens (tertiary/aromatic N) is 5. The van der Waals surface area contributed by atoms with Crippen molar-refractivity contribution in [1.82, 2.24) is 30.0 Å². The Balaban J connectivity index is 1.53. The van der Waals surface area contributed by atoms with E-state index in [2.05, 4.69) is 37.3 Å². The highest BCUT2D eigenvalue weighted by Crippen LogP contribution is 2.24. The highest BCUT2D eigenvalue weighted by atomic mass is 16.1. The van der Waals surface area contributed by atoms with Gasteiger partial charge in [-0.05, 0) is 50.2 Å². The average Bonchev–Trinajstić information content (AvgIpc) is 3.12. The number of pyridine rings is 1. The Bertz CT molecular complexity index is 1250. The quantitative estimate of drug-likeness (QED) is 0.557. The van der Waals surface area contributed by atoms with Gasteiger partial charge in [0.25, 0.3) is 5.56 Å². The molecular formula is C21H23N7O. The Morgan fingerprint density at radius 2 is 2.03 bits per heavy atom. The van der Waals surface area contributed by atoms with E-state index in [9.17, 15) is 4.79 Å². The summed E-state index contributed by atoms with van der Waals surface area (Å²) in [5, 5.41) is 9.27. The summed E-state index contributed by atoms with van der Waals surface area (Å²) >= 11 is 0. The maximum absolute atomic E-state index is 12.8. The van der Waals surface area contributed by atoms with Gasteiger partial charge in [-0.25, -0.2) is 9.97 Å². The van der Waals surface area contributed by atoms with E-state index in [1.165, 1.54) is 0 Å². The Morgan fingerprint density at radius 3 is 2.86 bits per heavy atom. The highest BCUT2D eigenvalue weighted by Gasteiger charge is 2.19. The second kappa shape index (κ2) is 6.97. The van der Waals surface area contributed by atoms with Crippen LogP contribution >= 0.6 is 0 Å². The summed E-state index contributed by atoms with van der Waals surface area (Å²) in [5.74, 6) is 0.514. The molecule has 0 amide bonds. The summed E-state index contributed by atoms with van der Waals surface area (Å²) in [6.07, 6.45) is 5.92. The predicted molar refractivity (Wildman–Crippen MR) is 114 cm³/mol. The van der Waals surface area contributed by atoms with Crippen molar-refractivity contribution in [3.8, 4) is 11.4 Å². The molecule has 1 aromatic carbocycles. The Kier molecular flexibility index (Phi) is 4.28. The monoisotopic (exact) mass is 389 g/mol. The fourth-order valence-corrected chi connectivity index (χ4v) is 4.04. The van der Waals surface area contributed by atoms with Crippen LogP contribution in [-0.4, -0.2) is 50.9 Å². The lowest BCUT2D eigenvalue weighted by molar-refractivity contribution is 0.443. The van der Waals surface area contributed by atoms with Crippen LogP contribution in [0.1, 0.15) is 12.8 Å². The third-order valence-electron chi connectivity index (χ3n) is 5.70. The van der Waals surface area contributed by atoms with E-state index in [-0.39, 0.29) is 5.56 Å². The lowest BCUT2D eigenvalue weighted by Gasteiger charge is -2.33. The summed E-state index contributed by atoms with van der Waals surface area (Å²) in [7, 11) is 3.95. The standard InChI is InChI=1S/C21H23N7O/c1-27-12-14-9-13(3-4-18(14)26-27)19-24-20-17(21(29)25-19)10-16(11-23-20)28(2)15-5-7-22-8-6-15/h3-4,9-12,15,22H,5-8H2,1-2H3,(H,23,24,25,29). The van der Waals surface area contributed by atoms with Crippen molar-refractivity contribution >= 4 is 27.6 Å². The molecule has 0 saturated carbocycles. The molecule has 1 aliphatic rings. The molecule has 0 aliphatic carbocycles. The van der Waals surface area contributed by atoms with Crippen LogP contribution < -0.4 is 15.8 Å². The number of H-pyrrole nitrogens is 1. The second-order valence-corrected chi connectivity index (χ2v) is 7.65. The summed E-state index contributed by atoms with van der Waals surface area (Å²) in [5.41, 5.74) is 2.97. The van der Waals surface area contributed by atoms with Gasteiger partial charge in [-0.3, -0.25) is 9.48 Å². The fraction of sp³-hybridized carbons (Fsp3) is 0.333. The van der Waals surface area contributed by atoms with Crippen LogP contribution in [0.15, 0.2) is 41.5 Å². The Morgan fingerprint density at radius 1 is 1.21 bits per heavy atom. The van der Waals surface area contributed by atoms with Crippen LogP contribution in [0, 0.1) is 0 Å². The van der Waals surface area contributed by atoms with Gasteiger partial charge < -0.3 is 15.2 Å². The smallest absolute Gasteiger partial charge is 0.260 e. The number of rotatable bonds is 3. The van der Waals surface area contributed by atoms with Crippen LogP contribution in [-0.2, 0) is 7.05 Å². The van der Waals surface area contributed by atoms with Crippen molar-refractivity contribution < 1.29 is 0 Å². The first-order chi connectivity index (χ1) is 14.1. The van der Waals surface area contributed by atoms with E-state index in [4.69, 9.17) is 0 Å². The van der Waals surface area contributed by atoms with Crippen LogP contribution in [0.3, 0.4) is 0 Å². The molecule has 4 aromatic rings. The number of hydrogen-bond acceptors (Lipinski definition) is 6. The highest BCUT2D eigenvalue weighted by molar-refractivity contribution is 5.84. The van der Waals surface area contributed by atoms with Crippen molar-refractivity contribution in [2.75, 3.05) is 25.0 Å². The first-order valence-corrected chi connectivity index (χ1v) is 9.86. The molecule has 1 saturated heterocycles. The minimum Gasteiger partial charge on any atom is -0.370 e. The minimum atomic E-state index is -0.177. The predicted octanol–water partition coefficient (Wildman–Crippen LogP) is 2.06. The van der Waals surface area contributed by atoms with E-state index in [1.54, 1.807) is 4.68 Å². The maximum atomic E-state index is 12.8. The van der Waals surface area contributed by atoms with Crippen molar-refractivity contribution in [3.05, 3.63) is 47.0 Å². The van der Waals surface area contributed by atoms with Gasteiger partial charge in [0.2, 0.25) is 0 Å². The summed E-state index contributed by atoms with van der Waals surface area (Å²) in [4.78, 5) is 27.1. The number of nitrogens with one attached hydrogen (secondary N) is 2. The molecule has 5 rings (SSSR count). The van der Waals surface area contributed by atoms with Crippen molar-refractivity contribution in [3.63, 3.8) is 0 Å². The molecule has 1 fully saturated rings. The molecule has 0 unspecified atom stereocenters. The van der Waals surface area contributed by atoms with Crippen LogP contribution in [0.4, 0.5) is 5.69 Å². The largest absolute Gasteiger partial charge is 0.370 e. The topological polar surface area (TPSA) is 91.7 Å². The van der Waals surface area contributed by atoms with Gasteiger partial charge in [0.05, 0.1) is 22.8 Å². The zero-order chi connectivity index (χ0) is 20.0. The summed E-state index contributed by atoms with van der Waals surface area (Å²) in [6, 6.07) is 8.17. The van der Waals surface area contributed by atoms with E-state index in [0.29, 0.717) is 22.9 Å². The summed E-state index contributed by atoms with van der Waals surface area (Å²) in [6.45, 7) is 2.03. The number of fused-ring (bicyclic) bond motifs is 2. The van der Waals surface area contributed by atoms with E-state index < -0.39 is 0 Å². The maximum Gasteiger partial charge on any atom is 0.260 e. The van der Waals surface area contributed by atoms with Gasteiger partial charge in [0.1, 0.15) is 5.82 Å². The molecule has 29 heavy (non-hydrogen) atoms. The van der Waals surface area contributed by atoms with Crippen molar-refractivity contribution in [2.45, 2.75) is 18.9 Å². The number of aryl methyl sites for hydroxylation is 1. The van der Waals surface area contributed by atoms with Gasteiger partial charge in [-0.1, -0.05) is 0 Å². The molecule has 4 heterocycles. The number of benzene rings is 1. The Hall–Kier alpha value is -3.26. The number of aromatic nitrogens is 5. The number of hydrogen-bond donors (Lipinski definition) is 2. The van der Waals surface area contributed by atoms with E-state index >= 15 is 0 Å². The first-order valence-electron chi connectivity index (χ1n) is 9.86. The van der Waals surface area contributed by atoms with Crippen LogP contribution in [0.2, 0.25) is 0 Å². The molecule has 0 spiro atoms. The zero-order valence-electron chi connectivity index (χ0n) is 16.5. The Labute approximate surface area is 167 Å². The van der Waals surface area contributed by atoms with Crippen molar-refractivity contribution in [1.29, 1.82) is 0 Å². The molecule has 0 radical (unpaired) electrons. The third-order valence-corrected chi connectivity index (χ3v) is 5.70. The normalized spacial score (nSPS) is 15.2. The molecule has 0 atom stereocenters. The van der Waals surface area contributed by atoms with Crippen molar-refractivity contribution in [2.24, 2.45) is 7.05 Å². The lowest BCUT2D eigenvalue weighted by atomic mass is 10.0. The van der Waals surface area contributed by atoms with Gasteiger partial charge >= 0.3 is 0 Å². The number of piperidine rings is 1. The minimum absolute atomic E-state index is 0.177. The molecule has 8 heteroatoms. The average molecular weight is 389 g/mol. The SMILES string of the molecule is CN(c1cnc2nc(-c3ccc4nn(C)cc4c3)[nH]c(=O)c2c1)C1CCNCC1. The molecule has 148 valence electrons. The third kappa shape index (κ3) is 3.25. The van der Waals surface area contributed by atoms with Gasteiger partial charge in [0.15, 0.2) is 5.65 Å². The van der Waals surface area contributed by atoms with Crippen LogP contribution in [0.5, 0.6) is 0 Å². The molecule has 1 aliphatic heterocycles. The van der Waals surface area contributed by atoms with Gasteiger partial charge in [-0.2, -0.15) is 5.10 Å². The lowest BCUT2D eigenvalue weighted by Crippen LogP contribution is -2.41. The van der Waals surface area contributed by atoms with Gasteiger partial charge in [0, 0.05) is 37.3 Å². The fourth-order valence-electron chi connectivity index (χ4n) is 4.04. The molecule has 2 N–H and O–H groups in total. The molecular weight excluding hydrogens is 366 g/mol. The van der Waals surface area contributed by atoms with Gasteiger partial charge in [-0.15, -0.1) is 0 Å². The molecule has 3 aromatic heterocycles.